The predicted octanol–water partition coefficient (Wildman–Crippen LogP) is 7.90. The first-order chi connectivity index (χ1) is 25.6. The number of alkyl halides is 2. The average molecular weight is 769 g/mol. The molecule has 0 unspecified atom stereocenters. The number of nitrogens with one attached hydrogen (secondary N) is 2. The highest BCUT2D eigenvalue weighted by Gasteiger charge is 2.55. The molecule has 288 valence electrons. The first kappa shape index (κ1) is 37.1. The molecule has 0 spiro atoms. The van der Waals surface area contributed by atoms with Gasteiger partial charge >= 0.3 is 0 Å². The topological polar surface area (TPSA) is 100 Å². The number of amides is 1. The lowest BCUT2D eigenvalue weighted by atomic mass is 9.71. The zero-order valence-electron chi connectivity index (χ0n) is 31.1. The number of benzene rings is 1. The van der Waals surface area contributed by atoms with Crippen LogP contribution < -0.4 is 15.5 Å². The van der Waals surface area contributed by atoms with Gasteiger partial charge in [0.25, 0.3) is 6.43 Å². The molecule has 0 radical (unpaired) electrons. The van der Waals surface area contributed by atoms with Crippen molar-refractivity contribution in [3.05, 3.63) is 58.6 Å². The lowest BCUT2D eigenvalue weighted by Gasteiger charge is -2.54. The van der Waals surface area contributed by atoms with Crippen LogP contribution >= 0.6 is 11.6 Å². The highest BCUT2D eigenvalue weighted by atomic mass is 35.5. The van der Waals surface area contributed by atoms with Crippen molar-refractivity contribution in [3.63, 3.8) is 0 Å². The molecule has 8 rings (SSSR count). The summed E-state index contributed by atoms with van der Waals surface area (Å²) in [5.74, 6) is -2.33. The number of anilines is 3. The molecule has 1 aromatic carbocycles. The van der Waals surface area contributed by atoms with Crippen molar-refractivity contribution in [2.75, 3.05) is 36.5 Å². The summed E-state index contributed by atoms with van der Waals surface area (Å²) in [6.07, 6.45) is 3.93. The Morgan fingerprint density at radius 2 is 1.80 bits per heavy atom. The number of hydrogen-bond donors (Lipinski definition) is 2. The summed E-state index contributed by atoms with van der Waals surface area (Å²) in [4.78, 5) is 32.9. The van der Waals surface area contributed by atoms with Crippen molar-refractivity contribution < 1.29 is 27.1 Å². The molecule has 3 fully saturated rings. The third-order valence-corrected chi connectivity index (χ3v) is 12.3. The van der Waals surface area contributed by atoms with Crippen LogP contribution in [-0.2, 0) is 21.5 Å². The van der Waals surface area contributed by atoms with Crippen LogP contribution in [0.2, 0.25) is 5.02 Å². The van der Waals surface area contributed by atoms with E-state index in [1.54, 1.807) is 12.5 Å². The van der Waals surface area contributed by atoms with E-state index in [4.69, 9.17) is 26.3 Å². The monoisotopic (exact) mass is 768 g/mol. The fraction of sp³-hybridized carbons (Fsp3) is 0.538. The van der Waals surface area contributed by atoms with E-state index < -0.39 is 34.0 Å². The second-order valence-electron chi connectivity index (χ2n) is 16.3. The fourth-order valence-electron chi connectivity index (χ4n) is 8.38. The highest BCUT2D eigenvalue weighted by Crippen LogP contribution is 2.50. The molecule has 2 aliphatic heterocycles. The summed E-state index contributed by atoms with van der Waals surface area (Å²) in [5, 5.41) is 5.31. The zero-order chi connectivity index (χ0) is 38.3. The Hall–Kier alpha value is -3.85. The number of hydrogen-bond acceptors (Lipinski definition) is 8. The van der Waals surface area contributed by atoms with Crippen molar-refractivity contribution in [1.82, 2.24) is 29.7 Å². The van der Waals surface area contributed by atoms with E-state index in [9.17, 15) is 13.6 Å². The van der Waals surface area contributed by atoms with Gasteiger partial charge in [0.05, 0.1) is 57.2 Å². The largest absolute Gasteiger partial charge is 0.380 e. The van der Waals surface area contributed by atoms with Gasteiger partial charge < -0.3 is 24.8 Å². The van der Waals surface area contributed by atoms with E-state index in [-0.39, 0.29) is 60.0 Å². The SMILES string of the molecule is CC(C)n1cnc2cc(-c3cnc4c(c3)N(C3CC(C)(N5CCCOCC5)C3)C(=O)C4(C)C)nc(Nc3cc(CNC4(C(F)F)CC4)c(Cl)c(F)c3F)c21. The number of ether oxygens (including phenoxy) is 1. The second-order valence-corrected chi connectivity index (χ2v) is 16.7. The lowest BCUT2D eigenvalue weighted by Crippen LogP contribution is -2.63. The number of imidazole rings is 1. The van der Waals surface area contributed by atoms with Crippen molar-refractivity contribution >= 4 is 45.7 Å². The minimum absolute atomic E-state index is 0.000559. The highest BCUT2D eigenvalue weighted by molar-refractivity contribution is 6.31. The summed E-state index contributed by atoms with van der Waals surface area (Å²) in [6.45, 7) is 13.1. The van der Waals surface area contributed by atoms with Crippen LogP contribution in [0.1, 0.15) is 84.0 Å². The van der Waals surface area contributed by atoms with Crippen LogP contribution in [0, 0.1) is 11.6 Å². The van der Waals surface area contributed by atoms with Crippen molar-refractivity contribution in [1.29, 1.82) is 0 Å². The number of rotatable bonds is 10. The molecule has 0 atom stereocenters. The molecule has 3 aromatic heterocycles. The number of aromatic nitrogens is 4. The Labute approximate surface area is 316 Å². The molecule has 1 saturated heterocycles. The van der Waals surface area contributed by atoms with E-state index in [1.807, 2.05) is 49.3 Å². The van der Waals surface area contributed by atoms with Gasteiger partial charge in [-0.15, -0.1) is 0 Å². The van der Waals surface area contributed by atoms with E-state index in [1.165, 1.54) is 6.07 Å². The van der Waals surface area contributed by atoms with Crippen LogP contribution in [0.25, 0.3) is 22.3 Å². The Bertz CT molecular complexity index is 2120. The van der Waals surface area contributed by atoms with Gasteiger partial charge in [0.2, 0.25) is 5.91 Å². The maximum absolute atomic E-state index is 15.6. The first-order valence-corrected chi connectivity index (χ1v) is 19.0. The number of carbonyl (C=O) groups is 1. The smallest absolute Gasteiger partial charge is 0.256 e. The Morgan fingerprint density at radius 3 is 2.50 bits per heavy atom. The molecule has 10 nitrogen and oxygen atoms in total. The Kier molecular flexibility index (Phi) is 9.22. The van der Waals surface area contributed by atoms with Crippen LogP contribution in [0.5, 0.6) is 0 Å². The number of fused-ring (bicyclic) bond motifs is 2. The number of pyridine rings is 2. The molecule has 4 aliphatic rings. The maximum Gasteiger partial charge on any atom is 0.256 e. The normalized spacial score (nSPS) is 23.6. The number of nitrogens with zero attached hydrogens (tertiary/aromatic N) is 6. The molecular formula is C39H45ClF4N8O2. The molecule has 0 bridgehead atoms. The quantitative estimate of drug-likeness (QED) is 0.124. The Balaban J connectivity index is 1.15. The summed E-state index contributed by atoms with van der Waals surface area (Å²) < 4.78 is 65.7. The summed E-state index contributed by atoms with van der Waals surface area (Å²) in [5.41, 5.74) is 1.26. The van der Waals surface area contributed by atoms with Gasteiger partial charge in [0.1, 0.15) is 5.52 Å². The minimum atomic E-state index is -2.60. The van der Waals surface area contributed by atoms with Gasteiger partial charge in [0, 0.05) is 55.6 Å². The molecule has 15 heteroatoms. The van der Waals surface area contributed by atoms with Crippen LogP contribution in [-0.4, -0.2) is 80.2 Å². The standard InChI is InChI=1S/C39H45ClF4N8O2/c1-21(2)51-20-46-27-15-25(48-34(32(27)51)49-26-13-23(29(40)31(42)30(26)41)19-47-39(7-8-39)35(43)44)22-14-28-33(45-18-22)37(3,4)36(53)52(28)24-16-38(5,17-24)50-9-6-11-54-12-10-50/h13-15,18,20-21,24,35,47H,6-12,16-17,19H2,1-5H3,(H,48,49). The van der Waals surface area contributed by atoms with Gasteiger partial charge in [-0.3, -0.25) is 14.7 Å². The zero-order valence-corrected chi connectivity index (χ0v) is 31.8. The molecule has 2 N–H and O–H groups in total. The first-order valence-electron chi connectivity index (χ1n) is 18.6. The second kappa shape index (κ2) is 13.4. The van der Waals surface area contributed by atoms with E-state index in [0.29, 0.717) is 34.6 Å². The van der Waals surface area contributed by atoms with Crippen LogP contribution in [0.3, 0.4) is 0 Å². The van der Waals surface area contributed by atoms with E-state index >= 15 is 8.78 Å². The van der Waals surface area contributed by atoms with Gasteiger partial charge in [-0.25, -0.2) is 27.5 Å². The van der Waals surface area contributed by atoms with Gasteiger partial charge in [-0.1, -0.05) is 11.6 Å². The summed E-state index contributed by atoms with van der Waals surface area (Å²) in [7, 11) is 0. The summed E-state index contributed by atoms with van der Waals surface area (Å²) >= 11 is 6.20. The van der Waals surface area contributed by atoms with Crippen LogP contribution in [0.15, 0.2) is 30.7 Å². The maximum atomic E-state index is 15.6. The third-order valence-electron chi connectivity index (χ3n) is 11.9. The molecule has 4 aromatic rings. The molecular weight excluding hydrogens is 724 g/mol. The molecule has 2 saturated carbocycles. The average Bonchev–Trinajstić information content (AvgIpc) is 3.84. The number of halogens is 5. The van der Waals surface area contributed by atoms with Crippen molar-refractivity contribution in [2.45, 2.75) is 108 Å². The predicted molar refractivity (Wildman–Crippen MR) is 200 cm³/mol. The van der Waals surface area contributed by atoms with Crippen LogP contribution in [0.4, 0.5) is 34.8 Å². The van der Waals surface area contributed by atoms with Crippen molar-refractivity contribution in [2.24, 2.45) is 0 Å². The van der Waals surface area contributed by atoms with Gasteiger partial charge in [-0.05, 0) is 90.5 Å². The van der Waals surface area contributed by atoms with E-state index in [2.05, 4.69) is 27.4 Å². The number of carbonyl (C=O) groups excluding carboxylic acids is 1. The third kappa shape index (κ3) is 6.13. The molecule has 1 amide bonds. The fourth-order valence-corrected chi connectivity index (χ4v) is 8.59. The van der Waals surface area contributed by atoms with E-state index in [0.717, 1.165) is 44.6 Å². The van der Waals surface area contributed by atoms with Gasteiger partial charge in [0.15, 0.2) is 17.5 Å². The summed E-state index contributed by atoms with van der Waals surface area (Å²) in [6, 6.07) is 5.01. The lowest BCUT2D eigenvalue weighted by molar-refractivity contribution is -0.123. The molecule has 5 heterocycles. The molecule has 2 aliphatic carbocycles. The van der Waals surface area contributed by atoms with Gasteiger partial charge in [-0.2, -0.15) is 0 Å². The Morgan fingerprint density at radius 1 is 1.04 bits per heavy atom. The molecule has 54 heavy (non-hydrogen) atoms. The van der Waals surface area contributed by atoms with Crippen molar-refractivity contribution in [3.8, 4) is 11.3 Å². The minimum Gasteiger partial charge on any atom is -0.380 e.